The Labute approximate surface area is 248 Å². The minimum Gasteiger partial charge on any atom is -0.345 e. The highest BCUT2D eigenvalue weighted by Gasteiger charge is 2.47. The van der Waals surface area contributed by atoms with Gasteiger partial charge in [0.25, 0.3) is 5.91 Å². The van der Waals surface area contributed by atoms with E-state index in [0.29, 0.717) is 23.5 Å². The molecule has 2 amide bonds. The quantitative estimate of drug-likeness (QED) is 0.403. The molecule has 0 saturated carbocycles. The summed E-state index contributed by atoms with van der Waals surface area (Å²) < 4.78 is 23.5. The van der Waals surface area contributed by atoms with E-state index in [1.54, 1.807) is 24.3 Å². The SMILES string of the molecule is Cc1ncnc(C)c1C(=O)N[C@@H](CCN1CCC2(CC1)CCN(Cc1ccc(S(C)(=O)=O)cc1)C2=O)c1ccccc1. The minimum atomic E-state index is -3.24. The largest absolute Gasteiger partial charge is 0.345 e. The number of likely N-dealkylation sites (tertiary alicyclic amines) is 2. The first-order chi connectivity index (χ1) is 20.1. The third kappa shape index (κ3) is 6.55. The molecule has 0 aliphatic carbocycles. The van der Waals surface area contributed by atoms with Crippen LogP contribution in [0.5, 0.6) is 0 Å². The van der Waals surface area contributed by atoms with Gasteiger partial charge in [-0.15, -0.1) is 0 Å². The monoisotopic (exact) mass is 589 g/mol. The fourth-order valence-corrected chi connectivity index (χ4v) is 6.88. The Balaban J connectivity index is 1.18. The zero-order chi connectivity index (χ0) is 29.9. The van der Waals surface area contributed by atoms with Crippen LogP contribution in [0.4, 0.5) is 0 Å². The summed E-state index contributed by atoms with van der Waals surface area (Å²) >= 11 is 0. The maximum Gasteiger partial charge on any atom is 0.255 e. The molecule has 0 unspecified atom stereocenters. The van der Waals surface area contributed by atoms with Crippen molar-refractivity contribution in [2.24, 2.45) is 5.41 Å². The zero-order valence-corrected chi connectivity index (χ0v) is 25.4. The molecule has 0 bridgehead atoms. The molecule has 2 aliphatic heterocycles. The Bertz CT molecular complexity index is 1510. The first-order valence-electron chi connectivity index (χ1n) is 14.5. The van der Waals surface area contributed by atoms with E-state index in [-0.39, 0.29) is 28.2 Å². The number of carbonyl (C=O) groups excluding carboxylic acids is 2. The van der Waals surface area contributed by atoms with Crippen molar-refractivity contribution in [3.05, 3.63) is 89.0 Å². The number of amides is 2. The molecule has 1 spiro atoms. The normalized spacial score (nSPS) is 17.9. The molecule has 2 fully saturated rings. The highest BCUT2D eigenvalue weighted by atomic mass is 32.2. The van der Waals surface area contributed by atoms with Gasteiger partial charge in [0.05, 0.1) is 33.3 Å². The van der Waals surface area contributed by atoms with Gasteiger partial charge in [-0.3, -0.25) is 9.59 Å². The maximum atomic E-state index is 13.5. The first-order valence-corrected chi connectivity index (χ1v) is 16.4. The van der Waals surface area contributed by atoms with Gasteiger partial charge in [0, 0.05) is 25.9 Å². The second kappa shape index (κ2) is 12.3. The molecule has 1 aromatic heterocycles. The molecular weight excluding hydrogens is 550 g/mol. The molecule has 1 atom stereocenters. The summed E-state index contributed by atoms with van der Waals surface area (Å²) in [6.07, 6.45) is 5.90. The molecule has 9 nitrogen and oxygen atoms in total. The van der Waals surface area contributed by atoms with Crippen molar-refractivity contribution in [2.45, 2.75) is 57.0 Å². The number of piperidine rings is 1. The number of benzene rings is 2. The van der Waals surface area contributed by atoms with Gasteiger partial charge in [-0.05, 0) is 75.9 Å². The standard InChI is InChI=1S/C32H39N5O4S/c1-23-29(24(2)34-22-33-23)30(38)35-28(26-7-5-4-6-8-26)13-17-36-18-14-32(15-19-36)16-20-37(31(32)39)21-25-9-11-27(12-10-25)42(3,40)41/h4-12,22,28H,13-21H2,1-3H3,(H,35,38)/t28-/m0/s1. The molecule has 5 rings (SSSR count). The first kappa shape index (κ1) is 29.8. The van der Waals surface area contributed by atoms with Crippen molar-refractivity contribution < 1.29 is 18.0 Å². The lowest BCUT2D eigenvalue weighted by Gasteiger charge is -2.38. The van der Waals surface area contributed by atoms with Crippen LogP contribution in [0.25, 0.3) is 0 Å². The van der Waals surface area contributed by atoms with E-state index in [9.17, 15) is 18.0 Å². The summed E-state index contributed by atoms with van der Waals surface area (Å²) in [5.41, 5.74) is 3.51. The third-order valence-electron chi connectivity index (χ3n) is 8.83. The highest BCUT2D eigenvalue weighted by Crippen LogP contribution is 2.42. The highest BCUT2D eigenvalue weighted by molar-refractivity contribution is 7.90. The van der Waals surface area contributed by atoms with E-state index >= 15 is 0 Å². The Morgan fingerprint density at radius 3 is 2.19 bits per heavy atom. The van der Waals surface area contributed by atoms with Crippen LogP contribution in [0.1, 0.15) is 64.6 Å². The van der Waals surface area contributed by atoms with E-state index < -0.39 is 9.84 Å². The Morgan fingerprint density at radius 1 is 0.952 bits per heavy atom. The summed E-state index contributed by atoms with van der Waals surface area (Å²) in [5.74, 6) is 0.0410. The molecule has 3 aromatic rings. The van der Waals surface area contributed by atoms with Gasteiger partial charge in [0.1, 0.15) is 6.33 Å². The fraction of sp³-hybridized carbons (Fsp3) is 0.438. The van der Waals surface area contributed by atoms with Crippen LogP contribution in [-0.2, 0) is 21.2 Å². The lowest BCUT2D eigenvalue weighted by atomic mass is 9.77. The topological polar surface area (TPSA) is 113 Å². The van der Waals surface area contributed by atoms with Crippen LogP contribution in [0.3, 0.4) is 0 Å². The van der Waals surface area contributed by atoms with Crippen LogP contribution >= 0.6 is 0 Å². The zero-order valence-electron chi connectivity index (χ0n) is 24.5. The van der Waals surface area contributed by atoms with Crippen LogP contribution in [-0.4, -0.2) is 72.4 Å². The summed E-state index contributed by atoms with van der Waals surface area (Å²) in [5, 5.41) is 3.23. The van der Waals surface area contributed by atoms with Crippen LogP contribution in [0.2, 0.25) is 0 Å². The van der Waals surface area contributed by atoms with Crippen LogP contribution in [0.15, 0.2) is 65.8 Å². The lowest BCUT2D eigenvalue weighted by Crippen LogP contribution is -2.45. The summed E-state index contributed by atoms with van der Waals surface area (Å²) in [6.45, 7) is 7.35. The predicted molar refractivity (Wildman–Crippen MR) is 160 cm³/mol. The summed E-state index contributed by atoms with van der Waals surface area (Å²) in [7, 11) is -3.24. The third-order valence-corrected chi connectivity index (χ3v) is 9.96. The number of carbonyl (C=O) groups is 2. The predicted octanol–water partition coefficient (Wildman–Crippen LogP) is 3.87. The van der Waals surface area contributed by atoms with E-state index in [0.717, 1.165) is 63.0 Å². The number of hydrogen-bond acceptors (Lipinski definition) is 7. The van der Waals surface area contributed by atoms with Gasteiger partial charge >= 0.3 is 0 Å². The van der Waals surface area contributed by atoms with E-state index in [1.807, 2.05) is 49.1 Å². The average molecular weight is 590 g/mol. The van der Waals surface area contributed by atoms with Crippen molar-refractivity contribution in [1.29, 1.82) is 0 Å². The molecule has 0 radical (unpaired) electrons. The van der Waals surface area contributed by atoms with Gasteiger partial charge in [-0.25, -0.2) is 18.4 Å². The van der Waals surface area contributed by atoms with Crippen molar-refractivity contribution in [3.8, 4) is 0 Å². The Hall–Kier alpha value is -3.63. The van der Waals surface area contributed by atoms with Gasteiger partial charge in [-0.1, -0.05) is 42.5 Å². The number of nitrogens with zero attached hydrogens (tertiary/aromatic N) is 4. The van der Waals surface area contributed by atoms with Gasteiger partial charge < -0.3 is 15.1 Å². The maximum absolute atomic E-state index is 13.5. The van der Waals surface area contributed by atoms with E-state index in [2.05, 4.69) is 20.2 Å². The fourth-order valence-electron chi connectivity index (χ4n) is 6.25. The van der Waals surface area contributed by atoms with Gasteiger partial charge in [0.2, 0.25) is 5.91 Å². The average Bonchev–Trinajstić information content (AvgIpc) is 3.26. The number of hydrogen-bond donors (Lipinski definition) is 1. The smallest absolute Gasteiger partial charge is 0.255 e. The number of sulfone groups is 1. The minimum absolute atomic E-state index is 0.161. The molecule has 10 heteroatoms. The molecule has 222 valence electrons. The van der Waals surface area contributed by atoms with Crippen molar-refractivity contribution >= 4 is 21.7 Å². The van der Waals surface area contributed by atoms with Gasteiger partial charge in [0.15, 0.2) is 9.84 Å². The number of rotatable bonds is 9. The Morgan fingerprint density at radius 2 is 1.57 bits per heavy atom. The number of aryl methyl sites for hydroxylation is 2. The second-order valence-electron chi connectivity index (χ2n) is 11.7. The summed E-state index contributed by atoms with van der Waals surface area (Å²) in [6, 6.07) is 16.7. The van der Waals surface area contributed by atoms with Crippen LogP contribution in [0, 0.1) is 19.3 Å². The number of aromatic nitrogens is 2. The molecule has 2 aromatic carbocycles. The lowest BCUT2D eigenvalue weighted by molar-refractivity contribution is -0.138. The van der Waals surface area contributed by atoms with E-state index in [4.69, 9.17) is 0 Å². The molecule has 42 heavy (non-hydrogen) atoms. The summed E-state index contributed by atoms with van der Waals surface area (Å²) in [4.78, 5) is 39.8. The van der Waals surface area contributed by atoms with Gasteiger partial charge in [-0.2, -0.15) is 0 Å². The Kier molecular flexibility index (Phi) is 8.75. The van der Waals surface area contributed by atoms with Crippen molar-refractivity contribution in [2.75, 3.05) is 32.4 Å². The molecular formula is C32H39N5O4S. The van der Waals surface area contributed by atoms with E-state index in [1.165, 1.54) is 12.6 Å². The molecule has 2 aliphatic rings. The van der Waals surface area contributed by atoms with Crippen LogP contribution < -0.4 is 5.32 Å². The molecule has 1 N–H and O–H groups in total. The van der Waals surface area contributed by atoms with Crippen molar-refractivity contribution in [3.63, 3.8) is 0 Å². The molecule has 2 saturated heterocycles. The van der Waals surface area contributed by atoms with Crippen molar-refractivity contribution in [1.82, 2.24) is 25.1 Å². The number of nitrogens with one attached hydrogen (secondary N) is 1. The second-order valence-corrected chi connectivity index (χ2v) is 13.7. The molecule has 3 heterocycles.